The van der Waals surface area contributed by atoms with Gasteiger partial charge in [0.2, 0.25) is 0 Å². The van der Waals surface area contributed by atoms with E-state index in [1.807, 2.05) is 59.6 Å². The molecule has 2 atom stereocenters. The lowest BCUT2D eigenvalue weighted by Gasteiger charge is -2.26. The molecule has 1 heterocycles. The third-order valence-electron chi connectivity index (χ3n) is 4.72. The number of aryl methyl sites for hydroxylation is 1. The van der Waals surface area contributed by atoms with Crippen LogP contribution in [-0.2, 0) is 0 Å². The molecular weight excluding hydrogens is 306 g/mol. The van der Waals surface area contributed by atoms with Crippen molar-refractivity contribution in [1.29, 1.82) is 0 Å². The maximum atomic E-state index is 13.1. The molecular formula is C18H23N3OS. The summed E-state index contributed by atoms with van der Waals surface area (Å²) in [5.74, 6) is 0.101. The Hall–Kier alpha value is -1.75. The van der Waals surface area contributed by atoms with Crippen LogP contribution in [0.5, 0.6) is 0 Å². The standard InChI is InChI=1S/C18H23N3OS/c1-13-4-7-17(21-9-8-19-12-21)16(10-13)18(22)20(2)14-5-6-15(11-14)23-3/h4,7-10,12,14-15H,5-6,11H2,1-3H3/t14-,15+/m1/s1. The summed E-state index contributed by atoms with van der Waals surface area (Å²) in [5, 5.41) is 0.681. The molecule has 0 saturated heterocycles. The van der Waals surface area contributed by atoms with Crippen LogP contribution < -0.4 is 0 Å². The SMILES string of the molecule is CS[C@H]1CC[C@@H](N(C)C(=O)c2cc(C)ccc2-n2ccnc2)C1. The first-order valence-corrected chi connectivity index (χ1v) is 9.28. The van der Waals surface area contributed by atoms with Gasteiger partial charge in [0.25, 0.3) is 5.91 Å². The minimum atomic E-state index is 0.101. The molecule has 0 radical (unpaired) electrons. The molecule has 1 aromatic heterocycles. The highest BCUT2D eigenvalue weighted by molar-refractivity contribution is 7.99. The maximum absolute atomic E-state index is 13.1. The van der Waals surface area contributed by atoms with Gasteiger partial charge in [-0.1, -0.05) is 11.6 Å². The molecule has 1 fully saturated rings. The van der Waals surface area contributed by atoms with Crippen molar-refractivity contribution >= 4 is 17.7 Å². The van der Waals surface area contributed by atoms with E-state index in [1.165, 1.54) is 6.42 Å². The van der Waals surface area contributed by atoms with Gasteiger partial charge in [-0.3, -0.25) is 4.79 Å². The van der Waals surface area contributed by atoms with Gasteiger partial charge in [0.05, 0.1) is 17.6 Å². The normalized spacial score (nSPS) is 20.7. The molecule has 0 unspecified atom stereocenters. The molecule has 1 aliphatic carbocycles. The second kappa shape index (κ2) is 6.79. The van der Waals surface area contributed by atoms with Crippen molar-refractivity contribution in [2.75, 3.05) is 13.3 Å². The van der Waals surface area contributed by atoms with Gasteiger partial charge in [0.15, 0.2) is 0 Å². The quantitative estimate of drug-likeness (QED) is 0.861. The molecule has 0 spiro atoms. The first-order valence-electron chi connectivity index (χ1n) is 7.99. The Morgan fingerprint density at radius 3 is 2.87 bits per heavy atom. The zero-order valence-corrected chi connectivity index (χ0v) is 14.7. The van der Waals surface area contributed by atoms with Crippen molar-refractivity contribution in [3.8, 4) is 5.69 Å². The number of carbonyl (C=O) groups is 1. The van der Waals surface area contributed by atoms with Gasteiger partial charge in [-0.05, 0) is 44.6 Å². The van der Waals surface area contributed by atoms with Gasteiger partial charge in [-0.15, -0.1) is 0 Å². The van der Waals surface area contributed by atoms with Gasteiger partial charge >= 0.3 is 0 Å². The summed E-state index contributed by atoms with van der Waals surface area (Å²) in [4.78, 5) is 19.1. The van der Waals surface area contributed by atoms with Crippen molar-refractivity contribution in [3.05, 3.63) is 48.0 Å². The van der Waals surface area contributed by atoms with Crippen molar-refractivity contribution in [2.45, 2.75) is 37.5 Å². The summed E-state index contributed by atoms with van der Waals surface area (Å²) in [6.45, 7) is 2.02. The van der Waals surface area contributed by atoms with E-state index < -0.39 is 0 Å². The molecule has 1 saturated carbocycles. The van der Waals surface area contributed by atoms with Crippen molar-refractivity contribution in [3.63, 3.8) is 0 Å². The molecule has 3 rings (SSSR count). The minimum absolute atomic E-state index is 0.101. The van der Waals surface area contributed by atoms with Crippen LogP contribution in [0.1, 0.15) is 35.2 Å². The van der Waals surface area contributed by atoms with Crippen LogP contribution in [0, 0.1) is 6.92 Å². The number of nitrogens with zero attached hydrogens (tertiary/aromatic N) is 3. The summed E-state index contributed by atoms with van der Waals surface area (Å²) in [5.41, 5.74) is 2.74. The number of aromatic nitrogens is 2. The minimum Gasteiger partial charge on any atom is -0.339 e. The van der Waals surface area contributed by atoms with E-state index in [0.29, 0.717) is 11.3 Å². The Kier molecular flexibility index (Phi) is 4.76. The maximum Gasteiger partial charge on any atom is 0.255 e. The molecule has 5 heteroatoms. The molecule has 1 amide bonds. The predicted octanol–water partition coefficient (Wildman–Crippen LogP) is 3.54. The van der Waals surface area contributed by atoms with Gasteiger partial charge in [0.1, 0.15) is 0 Å². The van der Waals surface area contributed by atoms with Crippen LogP contribution in [0.15, 0.2) is 36.9 Å². The number of amides is 1. The Balaban J connectivity index is 1.88. The third kappa shape index (κ3) is 3.29. The topological polar surface area (TPSA) is 38.1 Å². The number of imidazole rings is 1. The van der Waals surface area contributed by atoms with Crippen LogP contribution >= 0.6 is 11.8 Å². The fourth-order valence-electron chi connectivity index (χ4n) is 3.29. The van der Waals surface area contributed by atoms with Crippen LogP contribution in [0.3, 0.4) is 0 Å². The predicted molar refractivity (Wildman–Crippen MR) is 95.3 cm³/mol. The van der Waals surface area contributed by atoms with E-state index >= 15 is 0 Å². The summed E-state index contributed by atoms with van der Waals surface area (Å²) in [6.07, 6.45) is 10.9. The highest BCUT2D eigenvalue weighted by atomic mass is 32.2. The molecule has 122 valence electrons. The lowest BCUT2D eigenvalue weighted by Crippen LogP contribution is -2.36. The molecule has 1 aromatic carbocycles. The van der Waals surface area contributed by atoms with Gasteiger partial charge in [-0.2, -0.15) is 11.8 Å². The molecule has 0 N–H and O–H groups in total. The van der Waals surface area contributed by atoms with Gasteiger partial charge < -0.3 is 9.47 Å². The smallest absolute Gasteiger partial charge is 0.255 e. The molecule has 1 aliphatic rings. The zero-order chi connectivity index (χ0) is 16.4. The molecule has 0 aliphatic heterocycles. The monoisotopic (exact) mass is 329 g/mol. The van der Waals surface area contributed by atoms with Crippen LogP contribution in [0.2, 0.25) is 0 Å². The first-order chi connectivity index (χ1) is 11.1. The number of rotatable bonds is 4. The van der Waals surface area contributed by atoms with Gasteiger partial charge in [-0.25, -0.2) is 4.98 Å². The van der Waals surface area contributed by atoms with Crippen molar-refractivity contribution < 1.29 is 4.79 Å². The number of hydrogen-bond donors (Lipinski definition) is 0. The van der Waals surface area contributed by atoms with Crippen LogP contribution in [-0.4, -0.2) is 45.0 Å². The van der Waals surface area contributed by atoms with E-state index in [0.717, 1.165) is 29.7 Å². The third-order valence-corrected chi connectivity index (χ3v) is 5.82. The summed E-state index contributed by atoms with van der Waals surface area (Å²) < 4.78 is 1.90. The Labute approximate surface area is 141 Å². The number of thioether (sulfide) groups is 1. The van der Waals surface area contributed by atoms with Crippen LogP contribution in [0.25, 0.3) is 5.69 Å². The molecule has 23 heavy (non-hydrogen) atoms. The van der Waals surface area contributed by atoms with Crippen molar-refractivity contribution in [2.24, 2.45) is 0 Å². The molecule has 2 aromatic rings. The Morgan fingerprint density at radius 1 is 1.39 bits per heavy atom. The van der Waals surface area contributed by atoms with Crippen LogP contribution in [0.4, 0.5) is 0 Å². The highest BCUT2D eigenvalue weighted by Crippen LogP contribution is 2.32. The average Bonchev–Trinajstić information content (AvgIpc) is 3.24. The van der Waals surface area contributed by atoms with Gasteiger partial charge in [0, 0.05) is 30.7 Å². The van der Waals surface area contributed by atoms with E-state index in [4.69, 9.17) is 0 Å². The molecule has 0 bridgehead atoms. The summed E-state index contributed by atoms with van der Waals surface area (Å²) in [7, 11) is 1.94. The molecule has 4 nitrogen and oxygen atoms in total. The number of benzene rings is 1. The fraction of sp³-hybridized carbons (Fsp3) is 0.444. The van der Waals surface area contributed by atoms with E-state index in [2.05, 4.69) is 11.2 Å². The first kappa shape index (κ1) is 16.1. The number of hydrogen-bond acceptors (Lipinski definition) is 3. The summed E-state index contributed by atoms with van der Waals surface area (Å²) >= 11 is 1.91. The Morgan fingerprint density at radius 2 is 2.22 bits per heavy atom. The van der Waals surface area contributed by atoms with E-state index in [1.54, 1.807) is 12.5 Å². The lowest BCUT2D eigenvalue weighted by molar-refractivity contribution is 0.0735. The van der Waals surface area contributed by atoms with E-state index in [9.17, 15) is 4.79 Å². The Bertz CT molecular complexity index is 684. The largest absolute Gasteiger partial charge is 0.339 e. The number of carbonyl (C=O) groups excluding carboxylic acids is 1. The lowest BCUT2D eigenvalue weighted by atomic mass is 10.1. The highest BCUT2D eigenvalue weighted by Gasteiger charge is 2.30. The van der Waals surface area contributed by atoms with Crippen molar-refractivity contribution in [1.82, 2.24) is 14.5 Å². The fourth-order valence-corrected chi connectivity index (χ4v) is 4.07. The zero-order valence-electron chi connectivity index (χ0n) is 13.9. The van der Waals surface area contributed by atoms with E-state index in [-0.39, 0.29) is 5.91 Å². The average molecular weight is 329 g/mol. The second-order valence-corrected chi connectivity index (χ2v) is 7.37. The summed E-state index contributed by atoms with van der Waals surface area (Å²) in [6, 6.07) is 6.36. The second-order valence-electron chi connectivity index (χ2n) is 6.23.